The SMILES string of the molecule is CCCOc1ccc(C(C)NC(=O)c2c(C)oc(C)c2Br)cc1OC. The molecule has 0 saturated heterocycles. The molecule has 1 aromatic heterocycles. The summed E-state index contributed by atoms with van der Waals surface area (Å²) in [5.74, 6) is 2.46. The number of aryl methyl sites for hydroxylation is 2. The van der Waals surface area contributed by atoms with E-state index in [4.69, 9.17) is 13.9 Å². The van der Waals surface area contributed by atoms with Crippen LogP contribution in [0, 0.1) is 13.8 Å². The fourth-order valence-corrected chi connectivity index (χ4v) is 3.09. The molecule has 136 valence electrons. The van der Waals surface area contributed by atoms with Gasteiger partial charge in [-0.1, -0.05) is 13.0 Å². The maximum Gasteiger partial charge on any atom is 0.256 e. The molecule has 2 aromatic rings. The highest BCUT2D eigenvalue weighted by molar-refractivity contribution is 9.10. The minimum Gasteiger partial charge on any atom is -0.493 e. The van der Waals surface area contributed by atoms with Crippen LogP contribution < -0.4 is 14.8 Å². The van der Waals surface area contributed by atoms with Gasteiger partial charge in [0.1, 0.15) is 11.5 Å². The van der Waals surface area contributed by atoms with E-state index in [0.717, 1.165) is 12.0 Å². The largest absolute Gasteiger partial charge is 0.493 e. The fourth-order valence-electron chi connectivity index (χ4n) is 2.55. The number of benzene rings is 1. The average Bonchev–Trinajstić information content (AvgIpc) is 2.84. The van der Waals surface area contributed by atoms with Crippen molar-refractivity contribution in [2.45, 2.75) is 40.2 Å². The fraction of sp³-hybridized carbons (Fsp3) is 0.421. The zero-order valence-corrected chi connectivity index (χ0v) is 16.8. The van der Waals surface area contributed by atoms with E-state index in [1.54, 1.807) is 14.0 Å². The second-order valence-electron chi connectivity index (χ2n) is 5.86. The van der Waals surface area contributed by atoms with E-state index < -0.39 is 0 Å². The van der Waals surface area contributed by atoms with Crippen LogP contribution in [-0.4, -0.2) is 19.6 Å². The molecule has 0 fully saturated rings. The van der Waals surface area contributed by atoms with Gasteiger partial charge in [-0.2, -0.15) is 0 Å². The van der Waals surface area contributed by atoms with Crippen molar-refractivity contribution in [3.8, 4) is 11.5 Å². The van der Waals surface area contributed by atoms with Crippen molar-refractivity contribution in [1.82, 2.24) is 5.32 Å². The Morgan fingerprint density at radius 2 is 2.00 bits per heavy atom. The maximum atomic E-state index is 12.6. The molecule has 0 spiro atoms. The molecule has 1 heterocycles. The standard InChI is InChI=1S/C19H24BrNO4/c1-6-9-24-15-8-7-14(10-16(15)23-5)11(2)21-19(22)17-12(3)25-13(4)18(17)20/h7-8,10-11H,6,9H2,1-5H3,(H,21,22). The molecule has 5 nitrogen and oxygen atoms in total. The average molecular weight is 410 g/mol. The molecule has 1 amide bonds. The summed E-state index contributed by atoms with van der Waals surface area (Å²) in [6.07, 6.45) is 0.926. The maximum absolute atomic E-state index is 12.6. The Hall–Kier alpha value is -1.95. The van der Waals surface area contributed by atoms with Crippen LogP contribution in [0.1, 0.15) is 53.8 Å². The molecule has 1 N–H and O–H groups in total. The van der Waals surface area contributed by atoms with Gasteiger partial charge in [0.2, 0.25) is 0 Å². The van der Waals surface area contributed by atoms with E-state index in [1.165, 1.54) is 0 Å². The quantitative estimate of drug-likeness (QED) is 0.702. The second kappa shape index (κ2) is 8.43. The molecule has 2 rings (SSSR count). The van der Waals surface area contributed by atoms with Crippen LogP contribution in [0.2, 0.25) is 0 Å². The van der Waals surface area contributed by atoms with Gasteiger partial charge in [0.05, 0.1) is 29.8 Å². The Balaban J connectivity index is 2.17. The van der Waals surface area contributed by atoms with E-state index in [9.17, 15) is 4.79 Å². The van der Waals surface area contributed by atoms with E-state index >= 15 is 0 Å². The van der Waals surface area contributed by atoms with Crippen molar-refractivity contribution in [3.05, 3.63) is 45.3 Å². The van der Waals surface area contributed by atoms with Gasteiger partial charge in [-0.25, -0.2) is 0 Å². The molecule has 6 heteroatoms. The molecule has 0 aliphatic carbocycles. The summed E-state index contributed by atoms with van der Waals surface area (Å²) >= 11 is 3.41. The number of halogens is 1. The summed E-state index contributed by atoms with van der Waals surface area (Å²) in [4.78, 5) is 12.6. The van der Waals surface area contributed by atoms with Gasteiger partial charge >= 0.3 is 0 Å². The number of furan rings is 1. The number of carbonyl (C=O) groups is 1. The summed E-state index contributed by atoms with van der Waals surface area (Å²) in [6, 6.07) is 5.50. The Kier molecular flexibility index (Phi) is 6.53. The number of methoxy groups -OCH3 is 1. The van der Waals surface area contributed by atoms with Gasteiger partial charge in [0, 0.05) is 0 Å². The van der Waals surface area contributed by atoms with E-state index in [0.29, 0.717) is 39.7 Å². The molecule has 0 radical (unpaired) electrons. The van der Waals surface area contributed by atoms with Crippen LogP contribution in [0.4, 0.5) is 0 Å². The molecule has 0 aliphatic rings. The highest BCUT2D eigenvalue weighted by atomic mass is 79.9. The number of nitrogens with one attached hydrogen (secondary N) is 1. The third-order valence-electron chi connectivity index (χ3n) is 3.91. The van der Waals surface area contributed by atoms with Gasteiger partial charge in [-0.3, -0.25) is 4.79 Å². The predicted molar refractivity (Wildman–Crippen MR) is 101 cm³/mol. The molecule has 1 atom stereocenters. The predicted octanol–water partition coefficient (Wildman–Crippen LogP) is 4.95. The Bertz CT molecular complexity index is 754. The molecular formula is C19H24BrNO4. The Labute approximate surface area is 156 Å². The van der Waals surface area contributed by atoms with Crippen molar-refractivity contribution in [3.63, 3.8) is 0 Å². The molecule has 1 unspecified atom stereocenters. The van der Waals surface area contributed by atoms with E-state index in [2.05, 4.69) is 28.2 Å². The van der Waals surface area contributed by atoms with Gasteiger partial charge in [0.25, 0.3) is 5.91 Å². The van der Waals surface area contributed by atoms with Crippen LogP contribution >= 0.6 is 15.9 Å². The lowest BCUT2D eigenvalue weighted by Crippen LogP contribution is -2.27. The molecule has 25 heavy (non-hydrogen) atoms. The first-order chi connectivity index (χ1) is 11.9. The monoisotopic (exact) mass is 409 g/mol. The number of hydrogen-bond donors (Lipinski definition) is 1. The van der Waals surface area contributed by atoms with Gasteiger partial charge < -0.3 is 19.2 Å². The lowest BCUT2D eigenvalue weighted by Gasteiger charge is -2.17. The smallest absolute Gasteiger partial charge is 0.256 e. The first kappa shape index (κ1) is 19.4. The summed E-state index contributed by atoms with van der Waals surface area (Å²) < 4.78 is 17.3. The highest BCUT2D eigenvalue weighted by Gasteiger charge is 2.22. The first-order valence-electron chi connectivity index (χ1n) is 8.26. The van der Waals surface area contributed by atoms with E-state index in [-0.39, 0.29) is 11.9 Å². The van der Waals surface area contributed by atoms with Crippen LogP contribution in [0.3, 0.4) is 0 Å². The summed E-state index contributed by atoms with van der Waals surface area (Å²) in [7, 11) is 1.61. The van der Waals surface area contributed by atoms with Crippen molar-refractivity contribution in [2.75, 3.05) is 13.7 Å². The van der Waals surface area contributed by atoms with Crippen LogP contribution in [0.15, 0.2) is 27.1 Å². The number of rotatable bonds is 7. The van der Waals surface area contributed by atoms with Crippen molar-refractivity contribution >= 4 is 21.8 Å². The zero-order chi connectivity index (χ0) is 18.6. The molecule has 0 bridgehead atoms. The molecular weight excluding hydrogens is 386 g/mol. The topological polar surface area (TPSA) is 60.7 Å². The van der Waals surface area contributed by atoms with Crippen molar-refractivity contribution in [2.24, 2.45) is 0 Å². The first-order valence-corrected chi connectivity index (χ1v) is 9.05. The normalized spacial score (nSPS) is 11.9. The Morgan fingerprint density at radius 3 is 2.56 bits per heavy atom. The van der Waals surface area contributed by atoms with Gasteiger partial charge in [0.15, 0.2) is 11.5 Å². The molecule has 0 aliphatic heterocycles. The minimum absolute atomic E-state index is 0.181. The lowest BCUT2D eigenvalue weighted by atomic mass is 10.1. The van der Waals surface area contributed by atoms with Crippen LogP contribution in [-0.2, 0) is 0 Å². The number of hydrogen-bond acceptors (Lipinski definition) is 4. The number of amides is 1. The number of ether oxygens (including phenoxy) is 2. The molecule has 0 saturated carbocycles. The minimum atomic E-state index is -0.192. The summed E-state index contributed by atoms with van der Waals surface area (Å²) in [5, 5.41) is 3.00. The summed E-state index contributed by atoms with van der Waals surface area (Å²) in [6.45, 7) is 8.21. The number of carbonyl (C=O) groups excluding carboxylic acids is 1. The lowest BCUT2D eigenvalue weighted by molar-refractivity contribution is 0.0937. The van der Waals surface area contributed by atoms with Gasteiger partial charge in [-0.15, -0.1) is 0 Å². The van der Waals surface area contributed by atoms with Crippen LogP contribution in [0.5, 0.6) is 11.5 Å². The van der Waals surface area contributed by atoms with Crippen LogP contribution in [0.25, 0.3) is 0 Å². The molecule has 1 aromatic carbocycles. The van der Waals surface area contributed by atoms with Crippen molar-refractivity contribution in [1.29, 1.82) is 0 Å². The van der Waals surface area contributed by atoms with Gasteiger partial charge in [-0.05, 0) is 60.8 Å². The van der Waals surface area contributed by atoms with E-state index in [1.807, 2.05) is 32.0 Å². The highest BCUT2D eigenvalue weighted by Crippen LogP contribution is 2.31. The zero-order valence-electron chi connectivity index (χ0n) is 15.2. The van der Waals surface area contributed by atoms with Crippen molar-refractivity contribution < 1.29 is 18.7 Å². The third-order valence-corrected chi connectivity index (χ3v) is 4.87. The second-order valence-corrected chi connectivity index (χ2v) is 6.65. The summed E-state index contributed by atoms with van der Waals surface area (Å²) in [5.41, 5.74) is 1.46. The third kappa shape index (κ3) is 4.37. The Morgan fingerprint density at radius 1 is 1.28 bits per heavy atom.